The SMILES string of the molecule is O=C(CC(=O)c1ccccc1)NCc1cccnc1. The van der Waals surface area contributed by atoms with Crippen LogP contribution in [0.1, 0.15) is 22.3 Å². The fraction of sp³-hybridized carbons (Fsp3) is 0.133. The molecule has 1 aromatic heterocycles. The average molecular weight is 254 g/mol. The van der Waals surface area contributed by atoms with Gasteiger partial charge >= 0.3 is 0 Å². The Kier molecular flexibility index (Phi) is 4.39. The molecule has 1 amide bonds. The number of ketones is 1. The molecule has 1 N–H and O–H groups in total. The highest BCUT2D eigenvalue weighted by atomic mass is 16.2. The van der Waals surface area contributed by atoms with Crippen LogP contribution < -0.4 is 5.32 Å². The number of carbonyl (C=O) groups excluding carboxylic acids is 2. The summed E-state index contributed by atoms with van der Waals surface area (Å²) in [6.07, 6.45) is 3.22. The van der Waals surface area contributed by atoms with Crippen LogP contribution in [0.3, 0.4) is 0 Å². The summed E-state index contributed by atoms with van der Waals surface area (Å²) in [4.78, 5) is 27.4. The molecule has 1 aromatic carbocycles. The van der Waals surface area contributed by atoms with Crippen LogP contribution in [0.15, 0.2) is 54.9 Å². The molecule has 4 heteroatoms. The Morgan fingerprint density at radius 1 is 1.05 bits per heavy atom. The van der Waals surface area contributed by atoms with Gasteiger partial charge in [-0.15, -0.1) is 0 Å². The number of nitrogens with one attached hydrogen (secondary N) is 1. The molecule has 19 heavy (non-hydrogen) atoms. The van der Waals surface area contributed by atoms with Gasteiger partial charge in [-0.3, -0.25) is 14.6 Å². The van der Waals surface area contributed by atoms with Gasteiger partial charge < -0.3 is 5.32 Å². The van der Waals surface area contributed by atoms with E-state index in [0.717, 1.165) is 5.56 Å². The smallest absolute Gasteiger partial charge is 0.228 e. The lowest BCUT2D eigenvalue weighted by molar-refractivity contribution is -0.120. The highest BCUT2D eigenvalue weighted by Gasteiger charge is 2.10. The Bertz CT molecular complexity index is 553. The summed E-state index contributed by atoms with van der Waals surface area (Å²) >= 11 is 0. The van der Waals surface area contributed by atoms with E-state index in [-0.39, 0.29) is 18.1 Å². The van der Waals surface area contributed by atoms with E-state index in [1.165, 1.54) is 0 Å². The Morgan fingerprint density at radius 2 is 1.84 bits per heavy atom. The summed E-state index contributed by atoms with van der Waals surface area (Å²) in [5.74, 6) is -0.456. The van der Waals surface area contributed by atoms with Crippen LogP contribution in [0.2, 0.25) is 0 Å². The topological polar surface area (TPSA) is 59.1 Å². The maximum absolute atomic E-state index is 11.8. The molecule has 96 valence electrons. The number of rotatable bonds is 5. The largest absolute Gasteiger partial charge is 0.352 e. The van der Waals surface area contributed by atoms with Gasteiger partial charge in [0.15, 0.2) is 5.78 Å². The van der Waals surface area contributed by atoms with E-state index in [4.69, 9.17) is 0 Å². The predicted molar refractivity (Wildman–Crippen MR) is 71.5 cm³/mol. The third-order valence-electron chi connectivity index (χ3n) is 2.63. The van der Waals surface area contributed by atoms with Crippen molar-refractivity contribution in [2.24, 2.45) is 0 Å². The van der Waals surface area contributed by atoms with Crippen LogP contribution in [0, 0.1) is 0 Å². The lowest BCUT2D eigenvalue weighted by Crippen LogP contribution is -2.25. The van der Waals surface area contributed by atoms with E-state index in [1.54, 1.807) is 42.7 Å². The minimum absolute atomic E-state index is 0.135. The number of hydrogen-bond acceptors (Lipinski definition) is 3. The second-order valence-electron chi connectivity index (χ2n) is 4.10. The number of carbonyl (C=O) groups is 2. The minimum Gasteiger partial charge on any atom is -0.352 e. The number of Topliss-reactive ketones (excluding diaryl/α,β-unsaturated/α-hetero) is 1. The monoisotopic (exact) mass is 254 g/mol. The molecule has 0 saturated carbocycles. The van der Waals surface area contributed by atoms with Crippen LogP contribution in [-0.4, -0.2) is 16.7 Å². The molecular weight excluding hydrogens is 240 g/mol. The van der Waals surface area contributed by atoms with Gasteiger partial charge in [0.25, 0.3) is 0 Å². The van der Waals surface area contributed by atoms with E-state index in [1.807, 2.05) is 12.1 Å². The lowest BCUT2D eigenvalue weighted by atomic mass is 10.1. The third kappa shape index (κ3) is 4.03. The van der Waals surface area contributed by atoms with Crippen molar-refractivity contribution in [3.63, 3.8) is 0 Å². The molecule has 0 spiro atoms. The number of benzene rings is 1. The van der Waals surface area contributed by atoms with Gasteiger partial charge in [-0.2, -0.15) is 0 Å². The standard InChI is InChI=1S/C15H14N2O2/c18-14(13-6-2-1-3-7-13)9-15(19)17-11-12-5-4-8-16-10-12/h1-8,10H,9,11H2,(H,17,19). The normalized spacial score (nSPS) is 9.89. The van der Waals surface area contributed by atoms with E-state index >= 15 is 0 Å². The molecule has 0 aliphatic heterocycles. The van der Waals surface area contributed by atoms with Gasteiger partial charge in [0.2, 0.25) is 5.91 Å². The highest BCUT2D eigenvalue weighted by Crippen LogP contribution is 2.03. The Morgan fingerprint density at radius 3 is 2.53 bits per heavy atom. The Labute approximate surface area is 111 Å². The van der Waals surface area contributed by atoms with Crippen molar-refractivity contribution in [1.82, 2.24) is 10.3 Å². The number of hydrogen-bond donors (Lipinski definition) is 1. The number of nitrogens with zero attached hydrogens (tertiary/aromatic N) is 1. The number of aromatic nitrogens is 1. The first kappa shape index (κ1) is 13.0. The van der Waals surface area contributed by atoms with Crippen LogP contribution >= 0.6 is 0 Å². The van der Waals surface area contributed by atoms with Crippen LogP contribution in [0.5, 0.6) is 0 Å². The molecule has 0 aliphatic rings. The first-order chi connectivity index (χ1) is 9.25. The molecule has 0 unspecified atom stereocenters. The van der Waals surface area contributed by atoms with Gasteiger partial charge in [0.05, 0.1) is 6.42 Å². The molecule has 2 aromatic rings. The van der Waals surface area contributed by atoms with E-state index < -0.39 is 0 Å². The summed E-state index contributed by atoms with van der Waals surface area (Å²) in [7, 11) is 0. The fourth-order valence-electron chi connectivity index (χ4n) is 1.64. The Hall–Kier alpha value is -2.49. The van der Waals surface area contributed by atoms with Crippen LogP contribution in [-0.2, 0) is 11.3 Å². The summed E-state index contributed by atoms with van der Waals surface area (Å²) in [5.41, 5.74) is 1.46. The van der Waals surface area contributed by atoms with Gasteiger partial charge in [0, 0.05) is 24.5 Å². The first-order valence-electron chi connectivity index (χ1n) is 5.99. The zero-order valence-electron chi connectivity index (χ0n) is 10.4. The van der Waals surface area contributed by atoms with Crippen molar-refractivity contribution in [3.8, 4) is 0 Å². The molecule has 2 rings (SSSR count). The third-order valence-corrected chi connectivity index (χ3v) is 2.63. The Balaban J connectivity index is 1.83. The fourth-order valence-corrected chi connectivity index (χ4v) is 1.64. The van der Waals surface area contributed by atoms with Crippen molar-refractivity contribution < 1.29 is 9.59 Å². The second kappa shape index (κ2) is 6.44. The molecular formula is C15H14N2O2. The summed E-state index contributed by atoms with van der Waals surface area (Å²) in [5, 5.41) is 2.70. The van der Waals surface area contributed by atoms with Crippen molar-refractivity contribution in [2.75, 3.05) is 0 Å². The maximum Gasteiger partial charge on any atom is 0.228 e. The highest BCUT2D eigenvalue weighted by molar-refractivity contribution is 6.07. The molecule has 0 radical (unpaired) electrons. The zero-order chi connectivity index (χ0) is 13.5. The quantitative estimate of drug-likeness (QED) is 0.655. The number of amides is 1. The molecule has 0 bridgehead atoms. The minimum atomic E-state index is -0.280. The van der Waals surface area contributed by atoms with Crippen LogP contribution in [0.25, 0.3) is 0 Å². The van der Waals surface area contributed by atoms with Crippen molar-refractivity contribution in [2.45, 2.75) is 13.0 Å². The second-order valence-corrected chi connectivity index (χ2v) is 4.10. The van der Waals surface area contributed by atoms with Crippen molar-refractivity contribution >= 4 is 11.7 Å². The van der Waals surface area contributed by atoms with E-state index in [2.05, 4.69) is 10.3 Å². The van der Waals surface area contributed by atoms with Gasteiger partial charge in [-0.25, -0.2) is 0 Å². The predicted octanol–water partition coefficient (Wildman–Crippen LogP) is 1.97. The molecule has 0 aliphatic carbocycles. The average Bonchev–Trinajstić information content (AvgIpc) is 2.47. The molecule has 4 nitrogen and oxygen atoms in total. The molecule has 1 heterocycles. The molecule has 0 saturated heterocycles. The summed E-state index contributed by atoms with van der Waals surface area (Å²) < 4.78 is 0. The van der Waals surface area contributed by atoms with E-state index in [9.17, 15) is 9.59 Å². The number of pyridine rings is 1. The van der Waals surface area contributed by atoms with Crippen molar-refractivity contribution in [3.05, 3.63) is 66.0 Å². The van der Waals surface area contributed by atoms with Crippen LogP contribution in [0.4, 0.5) is 0 Å². The summed E-state index contributed by atoms with van der Waals surface area (Å²) in [6, 6.07) is 12.5. The summed E-state index contributed by atoms with van der Waals surface area (Å²) in [6.45, 7) is 0.384. The van der Waals surface area contributed by atoms with Gasteiger partial charge in [0.1, 0.15) is 0 Å². The molecule has 0 fully saturated rings. The maximum atomic E-state index is 11.8. The van der Waals surface area contributed by atoms with Gasteiger partial charge in [-0.1, -0.05) is 36.4 Å². The van der Waals surface area contributed by atoms with Gasteiger partial charge in [-0.05, 0) is 11.6 Å². The first-order valence-corrected chi connectivity index (χ1v) is 5.99. The van der Waals surface area contributed by atoms with Crippen molar-refractivity contribution in [1.29, 1.82) is 0 Å². The zero-order valence-corrected chi connectivity index (χ0v) is 10.4. The van der Waals surface area contributed by atoms with E-state index in [0.29, 0.717) is 12.1 Å². The molecule has 0 atom stereocenters. The lowest BCUT2D eigenvalue weighted by Gasteiger charge is -2.04.